The molecule has 2 aliphatic rings. The van der Waals surface area contributed by atoms with Crippen LogP contribution in [-0.4, -0.2) is 25.0 Å². The molecule has 2 aliphatic heterocycles. The lowest BCUT2D eigenvalue weighted by Crippen LogP contribution is -2.35. The molecule has 3 N–H and O–H groups in total. The van der Waals surface area contributed by atoms with Crippen molar-refractivity contribution in [3.8, 4) is 0 Å². The van der Waals surface area contributed by atoms with Crippen molar-refractivity contribution in [2.24, 2.45) is 5.92 Å². The van der Waals surface area contributed by atoms with Crippen LogP contribution in [0.15, 0.2) is 24.3 Å². The Kier molecular flexibility index (Phi) is 2.73. The molecule has 90 valence electrons. The first-order chi connectivity index (χ1) is 8.34. The molecule has 3 rings (SSSR count). The standard InChI is InChI=1S/C13H17N3O/c17-13-9-5-7-14-8-6-10(9)15-11-3-1-2-4-12(11)16-13/h1-4,9-10,14-15H,5-8H2,(H,16,17). The predicted octanol–water partition coefficient (Wildman–Crippen LogP) is 1.42. The Hall–Kier alpha value is -1.55. The lowest BCUT2D eigenvalue weighted by atomic mass is 9.94. The number of rotatable bonds is 0. The van der Waals surface area contributed by atoms with E-state index in [1.165, 1.54) is 0 Å². The zero-order chi connectivity index (χ0) is 11.7. The van der Waals surface area contributed by atoms with Gasteiger partial charge in [0.05, 0.1) is 17.3 Å². The fraction of sp³-hybridized carbons (Fsp3) is 0.462. The Bertz CT molecular complexity index is 432. The third kappa shape index (κ3) is 2.00. The predicted molar refractivity (Wildman–Crippen MR) is 68.1 cm³/mol. The van der Waals surface area contributed by atoms with Gasteiger partial charge in [0.2, 0.25) is 5.91 Å². The average Bonchev–Trinajstić information content (AvgIpc) is 2.62. The summed E-state index contributed by atoms with van der Waals surface area (Å²) in [6.07, 6.45) is 1.89. The van der Waals surface area contributed by atoms with Crippen LogP contribution < -0.4 is 16.0 Å². The Labute approximate surface area is 101 Å². The number of hydrogen-bond acceptors (Lipinski definition) is 3. The minimum atomic E-state index is 0.0670. The van der Waals surface area contributed by atoms with Crippen LogP contribution in [0.4, 0.5) is 11.4 Å². The highest BCUT2D eigenvalue weighted by Gasteiger charge is 2.32. The quantitative estimate of drug-likeness (QED) is 0.633. The number of carbonyl (C=O) groups is 1. The molecule has 0 aliphatic carbocycles. The van der Waals surface area contributed by atoms with E-state index in [2.05, 4.69) is 16.0 Å². The molecule has 1 aromatic carbocycles. The molecule has 2 heterocycles. The fourth-order valence-electron chi connectivity index (χ4n) is 2.67. The van der Waals surface area contributed by atoms with Gasteiger partial charge in [0.1, 0.15) is 0 Å². The molecule has 0 aromatic heterocycles. The van der Waals surface area contributed by atoms with E-state index in [0.717, 1.165) is 37.3 Å². The number of anilines is 2. The molecule has 0 saturated carbocycles. The monoisotopic (exact) mass is 231 g/mol. The molecular formula is C13H17N3O. The van der Waals surface area contributed by atoms with Gasteiger partial charge in [0, 0.05) is 6.04 Å². The van der Waals surface area contributed by atoms with E-state index in [0.29, 0.717) is 0 Å². The van der Waals surface area contributed by atoms with Gasteiger partial charge in [0.25, 0.3) is 0 Å². The SMILES string of the molecule is O=C1Nc2ccccc2NC2CCNCCC12. The largest absolute Gasteiger partial charge is 0.380 e. The summed E-state index contributed by atoms with van der Waals surface area (Å²) in [6.45, 7) is 1.90. The Morgan fingerprint density at radius 1 is 1.06 bits per heavy atom. The van der Waals surface area contributed by atoms with Crippen LogP contribution >= 0.6 is 0 Å². The van der Waals surface area contributed by atoms with Crippen molar-refractivity contribution in [3.63, 3.8) is 0 Å². The highest BCUT2D eigenvalue weighted by atomic mass is 16.2. The molecule has 17 heavy (non-hydrogen) atoms. The number of benzene rings is 1. The molecule has 0 radical (unpaired) electrons. The summed E-state index contributed by atoms with van der Waals surface area (Å²) in [7, 11) is 0. The van der Waals surface area contributed by atoms with Crippen LogP contribution in [-0.2, 0) is 4.79 Å². The zero-order valence-electron chi connectivity index (χ0n) is 9.70. The smallest absolute Gasteiger partial charge is 0.229 e. The maximum absolute atomic E-state index is 12.2. The van der Waals surface area contributed by atoms with Crippen LogP contribution in [0.25, 0.3) is 0 Å². The van der Waals surface area contributed by atoms with Gasteiger partial charge in [-0.2, -0.15) is 0 Å². The number of nitrogens with one attached hydrogen (secondary N) is 3. The van der Waals surface area contributed by atoms with E-state index in [1.54, 1.807) is 0 Å². The molecule has 4 heteroatoms. The van der Waals surface area contributed by atoms with Crippen molar-refractivity contribution in [2.45, 2.75) is 18.9 Å². The van der Waals surface area contributed by atoms with E-state index in [4.69, 9.17) is 0 Å². The average molecular weight is 231 g/mol. The van der Waals surface area contributed by atoms with E-state index in [9.17, 15) is 4.79 Å². The second kappa shape index (κ2) is 4.37. The van der Waals surface area contributed by atoms with Gasteiger partial charge >= 0.3 is 0 Å². The topological polar surface area (TPSA) is 53.2 Å². The van der Waals surface area contributed by atoms with Crippen molar-refractivity contribution in [1.82, 2.24) is 5.32 Å². The second-order valence-corrected chi connectivity index (χ2v) is 4.72. The van der Waals surface area contributed by atoms with Crippen molar-refractivity contribution in [3.05, 3.63) is 24.3 Å². The van der Waals surface area contributed by atoms with Crippen molar-refractivity contribution >= 4 is 17.3 Å². The maximum Gasteiger partial charge on any atom is 0.229 e. The Balaban J connectivity index is 1.94. The first kappa shape index (κ1) is 10.6. The first-order valence-electron chi connectivity index (χ1n) is 6.22. The summed E-state index contributed by atoms with van der Waals surface area (Å²) < 4.78 is 0. The van der Waals surface area contributed by atoms with Gasteiger partial charge in [-0.15, -0.1) is 0 Å². The minimum absolute atomic E-state index is 0.0670. The van der Waals surface area contributed by atoms with Crippen molar-refractivity contribution in [2.75, 3.05) is 23.7 Å². The van der Waals surface area contributed by atoms with Crippen LogP contribution in [0.3, 0.4) is 0 Å². The van der Waals surface area contributed by atoms with Gasteiger partial charge in [-0.25, -0.2) is 0 Å². The number of fused-ring (bicyclic) bond motifs is 2. The van der Waals surface area contributed by atoms with E-state index >= 15 is 0 Å². The number of amides is 1. The lowest BCUT2D eigenvalue weighted by Gasteiger charge is -2.21. The van der Waals surface area contributed by atoms with Crippen molar-refractivity contribution in [1.29, 1.82) is 0 Å². The molecule has 2 atom stereocenters. The Morgan fingerprint density at radius 2 is 1.82 bits per heavy atom. The summed E-state index contributed by atoms with van der Waals surface area (Å²) in [5.74, 6) is 0.216. The van der Waals surface area contributed by atoms with Gasteiger partial charge in [0.15, 0.2) is 0 Å². The van der Waals surface area contributed by atoms with Crippen LogP contribution in [0.1, 0.15) is 12.8 Å². The highest BCUT2D eigenvalue weighted by Crippen LogP contribution is 2.30. The number of carbonyl (C=O) groups excluding carboxylic acids is 1. The van der Waals surface area contributed by atoms with Gasteiger partial charge in [-0.3, -0.25) is 4.79 Å². The van der Waals surface area contributed by atoms with Crippen LogP contribution in [0.2, 0.25) is 0 Å². The van der Waals surface area contributed by atoms with Crippen LogP contribution in [0, 0.1) is 5.92 Å². The summed E-state index contributed by atoms with van der Waals surface area (Å²) in [6, 6.07) is 8.16. The molecule has 1 aromatic rings. The van der Waals surface area contributed by atoms with Gasteiger partial charge in [-0.1, -0.05) is 12.1 Å². The molecule has 4 nitrogen and oxygen atoms in total. The second-order valence-electron chi connectivity index (χ2n) is 4.72. The highest BCUT2D eigenvalue weighted by molar-refractivity contribution is 5.98. The molecule has 2 unspecified atom stereocenters. The fourth-order valence-corrected chi connectivity index (χ4v) is 2.67. The lowest BCUT2D eigenvalue weighted by molar-refractivity contribution is -0.120. The third-order valence-electron chi connectivity index (χ3n) is 3.61. The minimum Gasteiger partial charge on any atom is -0.380 e. The molecule has 0 bridgehead atoms. The zero-order valence-corrected chi connectivity index (χ0v) is 9.70. The summed E-state index contributed by atoms with van der Waals surface area (Å²) in [5, 5.41) is 9.88. The molecule has 0 spiro atoms. The van der Waals surface area contributed by atoms with E-state index in [1.807, 2.05) is 24.3 Å². The van der Waals surface area contributed by atoms with Crippen LogP contribution in [0.5, 0.6) is 0 Å². The van der Waals surface area contributed by atoms with E-state index < -0.39 is 0 Å². The number of para-hydroxylation sites is 2. The third-order valence-corrected chi connectivity index (χ3v) is 3.61. The molecular weight excluding hydrogens is 214 g/mol. The first-order valence-corrected chi connectivity index (χ1v) is 6.22. The Morgan fingerprint density at radius 3 is 2.71 bits per heavy atom. The molecule has 1 fully saturated rings. The summed E-state index contributed by atoms with van der Waals surface area (Å²) in [4.78, 5) is 12.2. The summed E-state index contributed by atoms with van der Waals surface area (Å²) >= 11 is 0. The van der Waals surface area contributed by atoms with Gasteiger partial charge < -0.3 is 16.0 Å². The maximum atomic E-state index is 12.2. The number of hydrogen-bond donors (Lipinski definition) is 3. The summed E-state index contributed by atoms with van der Waals surface area (Å²) in [5.41, 5.74) is 1.94. The normalized spacial score (nSPS) is 27.9. The van der Waals surface area contributed by atoms with E-state index in [-0.39, 0.29) is 17.9 Å². The van der Waals surface area contributed by atoms with Crippen molar-refractivity contribution < 1.29 is 4.79 Å². The van der Waals surface area contributed by atoms with Gasteiger partial charge in [-0.05, 0) is 38.1 Å². The molecule has 1 saturated heterocycles. The molecule has 1 amide bonds.